The normalized spacial score (nSPS) is 8.44. The molecule has 0 atom stereocenters. The van der Waals surface area contributed by atoms with Crippen LogP contribution in [0.4, 0.5) is 0 Å². The molecule has 0 aromatic heterocycles. The van der Waals surface area contributed by atoms with Crippen molar-refractivity contribution >= 4 is 6.34 Å². The van der Waals surface area contributed by atoms with E-state index in [9.17, 15) is 0 Å². The Kier molecular flexibility index (Phi) is 8.91. The van der Waals surface area contributed by atoms with E-state index in [1.807, 2.05) is 25.7 Å². The van der Waals surface area contributed by atoms with E-state index in [-0.39, 0.29) is 29.6 Å². The molecular weight excluding hydrogens is 123 g/mol. The molecule has 0 saturated carbocycles. The van der Waals surface area contributed by atoms with Gasteiger partial charge < -0.3 is 16.6 Å². The predicted molar refractivity (Wildman–Crippen MR) is 35.2 cm³/mol. The summed E-state index contributed by atoms with van der Waals surface area (Å²) in [5.41, 5.74) is 0. The first-order valence-corrected chi connectivity index (χ1v) is 2.91. The number of hydrogen-bond donors (Lipinski definition) is 1. The van der Waals surface area contributed by atoms with Crippen molar-refractivity contribution in [2.24, 2.45) is 0 Å². The fraction of sp³-hybridized carbons (Fsp3) is 0.833. The second-order valence-electron chi connectivity index (χ2n) is 1.99. The van der Waals surface area contributed by atoms with Crippen molar-refractivity contribution in [2.45, 2.75) is 26.8 Å². The van der Waals surface area contributed by atoms with Gasteiger partial charge in [-0.15, -0.1) is 0 Å². The van der Waals surface area contributed by atoms with Crippen LogP contribution in [0.2, 0.25) is 0 Å². The first kappa shape index (κ1) is 12.2. The molecule has 0 fully saturated rings. The van der Waals surface area contributed by atoms with Gasteiger partial charge in [-0.1, -0.05) is 6.92 Å². The topological polar surface area (TPSA) is 27.1 Å². The van der Waals surface area contributed by atoms with Crippen molar-refractivity contribution in [3.05, 3.63) is 0 Å². The van der Waals surface area contributed by atoms with Crippen molar-refractivity contribution in [2.75, 3.05) is 6.54 Å². The molecule has 2 nitrogen and oxygen atoms in total. The molecule has 0 heterocycles. The number of hydrogen-bond acceptors (Lipinski definition) is 1. The van der Waals surface area contributed by atoms with Gasteiger partial charge in [-0.2, -0.15) is 0 Å². The van der Waals surface area contributed by atoms with Crippen LogP contribution in [0.3, 0.4) is 0 Å². The summed E-state index contributed by atoms with van der Waals surface area (Å²) >= 11 is 0. The molecule has 48 valence electrons. The van der Waals surface area contributed by atoms with Crippen molar-refractivity contribution in [3.8, 4) is 0 Å². The van der Waals surface area contributed by atoms with Crippen LogP contribution in [0.5, 0.6) is 0 Å². The second-order valence-corrected chi connectivity index (χ2v) is 1.99. The van der Waals surface area contributed by atoms with E-state index in [4.69, 9.17) is 5.41 Å². The van der Waals surface area contributed by atoms with Crippen LogP contribution < -0.4 is 29.6 Å². The van der Waals surface area contributed by atoms with E-state index in [0.717, 1.165) is 6.54 Å². The summed E-state index contributed by atoms with van der Waals surface area (Å²) in [6.45, 7) is 6.98. The summed E-state index contributed by atoms with van der Waals surface area (Å²) in [5, 5.41) is 6.77. The van der Waals surface area contributed by atoms with Gasteiger partial charge in [0.1, 0.15) is 0 Å². The van der Waals surface area contributed by atoms with E-state index in [1.54, 1.807) is 0 Å². The molecule has 0 spiro atoms. The standard InChI is InChI=1S/C6H13N2.Na/c1-4-8(5-7)6(2)3;/h6-7H,4H2,1-3H3;/q-1;+1. The minimum absolute atomic E-state index is 0. The van der Waals surface area contributed by atoms with E-state index in [0.29, 0.717) is 6.04 Å². The maximum atomic E-state index is 6.77. The number of nitrogens with one attached hydrogen (secondary N) is 1. The van der Waals surface area contributed by atoms with Gasteiger partial charge >= 0.3 is 29.6 Å². The number of nitrogens with zero attached hydrogens (tertiary/aromatic N) is 1. The Labute approximate surface area is 79.4 Å². The van der Waals surface area contributed by atoms with Gasteiger partial charge in [0, 0.05) is 0 Å². The molecule has 0 amide bonds. The second kappa shape index (κ2) is 6.59. The zero-order valence-corrected chi connectivity index (χ0v) is 8.73. The molecule has 0 aromatic carbocycles. The molecule has 0 aliphatic heterocycles. The quantitative estimate of drug-likeness (QED) is 0.160. The third kappa shape index (κ3) is 4.94. The minimum atomic E-state index is 0. The molecule has 0 unspecified atom stereocenters. The van der Waals surface area contributed by atoms with Gasteiger partial charge in [0.25, 0.3) is 0 Å². The van der Waals surface area contributed by atoms with Crippen LogP contribution in [0, 0.1) is 5.41 Å². The maximum Gasteiger partial charge on any atom is 1.00 e. The van der Waals surface area contributed by atoms with E-state index in [1.165, 1.54) is 0 Å². The molecule has 0 bridgehead atoms. The summed E-state index contributed by atoms with van der Waals surface area (Å²) < 4.78 is 0. The summed E-state index contributed by atoms with van der Waals surface area (Å²) in [4.78, 5) is 1.83. The van der Waals surface area contributed by atoms with Crippen molar-refractivity contribution < 1.29 is 29.6 Å². The van der Waals surface area contributed by atoms with Crippen molar-refractivity contribution in [1.82, 2.24) is 4.90 Å². The first-order chi connectivity index (χ1) is 3.72. The molecule has 0 radical (unpaired) electrons. The zero-order chi connectivity index (χ0) is 6.57. The van der Waals surface area contributed by atoms with E-state index in [2.05, 4.69) is 6.34 Å². The van der Waals surface area contributed by atoms with Crippen LogP contribution in [0.1, 0.15) is 20.8 Å². The predicted octanol–water partition coefficient (Wildman–Crippen LogP) is -1.80. The average Bonchev–Trinajstić information content (AvgIpc) is 1.69. The largest absolute Gasteiger partial charge is 1.00 e. The third-order valence-corrected chi connectivity index (χ3v) is 1.11. The maximum absolute atomic E-state index is 6.77. The van der Waals surface area contributed by atoms with Crippen LogP contribution in [-0.2, 0) is 0 Å². The molecule has 0 rings (SSSR count). The van der Waals surface area contributed by atoms with E-state index < -0.39 is 0 Å². The molecule has 9 heavy (non-hydrogen) atoms. The van der Waals surface area contributed by atoms with Gasteiger partial charge in [0.05, 0.1) is 0 Å². The Morgan fingerprint density at radius 2 is 2.00 bits per heavy atom. The fourth-order valence-electron chi connectivity index (χ4n) is 0.573. The van der Waals surface area contributed by atoms with Crippen LogP contribution in [0.15, 0.2) is 0 Å². The number of rotatable bonds is 3. The van der Waals surface area contributed by atoms with Crippen molar-refractivity contribution in [1.29, 1.82) is 5.41 Å². The Morgan fingerprint density at radius 3 is 2.00 bits per heavy atom. The van der Waals surface area contributed by atoms with Crippen LogP contribution >= 0.6 is 0 Å². The van der Waals surface area contributed by atoms with Crippen LogP contribution in [-0.4, -0.2) is 23.8 Å². The summed E-state index contributed by atoms with van der Waals surface area (Å²) in [5.74, 6) is 0. The van der Waals surface area contributed by atoms with Gasteiger partial charge in [-0.3, -0.25) is 0 Å². The molecule has 0 aromatic rings. The molecule has 0 aliphatic carbocycles. The summed E-state index contributed by atoms with van der Waals surface area (Å²) in [6.07, 6.45) is 2.33. The molecule has 3 heteroatoms. The fourth-order valence-corrected chi connectivity index (χ4v) is 0.573. The van der Waals surface area contributed by atoms with Gasteiger partial charge in [0.2, 0.25) is 0 Å². The SMILES string of the molecule is CCN([C-]=N)C(C)C.[Na+]. The molecular formula is C6H13N2Na. The minimum Gasteiger partial charge on any atom is -0.536 e. The van der Waals surface area contributed by atoms with Crippen molar-refractivity contribution in [3.63, 3.8) is 0 Å². The molecule has 0 aliphatic rings. The molecule has 1 N–H and O–H groups in total. The average molecular weight is 136 g/mol. The Balaban J connectivity index is 0. The van der Waals surface area contributed by atoms with Gasteiger partial charge in [-0.25, -0.2) is 0 Å². The Bertz CT molecular complexity index is 73.5. The Morgan fingerprint density at radius 1 is 1.56 bits per heavy atom. The molecule has 0 saturated heterocycles. The van der Waals surface area contributed by atoms with Crippen LogP contribution in [0.25, 0.3) is 0 Å². The smallest absolute Gasteiger partial charge is 0.536 e. The summed E-state index contributed by atoms with van der Waals surface area (Å²) in [6, 6.07) is 0.414. The zero-order valence-electron chi connectivity index (χ0n) is 6.73. The van der Waals surface area contributed by atoms with Gasteiger partial charge in [0.15, 0.2) is 0 Å². The van der Waals surface area contributed by atoms with Gasteiger partial charge in [-0.05, 0) is 26.4 Å². The third-order valence-electron chi connectivity index (χ3n) is 1.11. The summed E-state index contributed by atoms with van der Waals surface area (Å²) in [7, 11) is 0. The first-order valence-electron chi connectivity index (χ1n) is 2.91. The Hall–Kier alpha value is 0.470. The monoisotopic (exact) mass is 136 g/mol. The van der Waals surface area contributed by atoms with E-state index >= 15 is 0 Å².